The largest absolute Gasteiger partial charge is 0.478 e. The highest BCUT2D eigenvalue weighted by atomic mass is 16.4. The van der Waals surface area contributed by atoms with E-state index >= 15 is 0 Å². The molecule has 1 aliphatic heterocycles. The quantitative estimate of drug-likeness (QED) is 0.753. The lowest BCUT2D eigenvalue weighted by Gasteiger charge is -2.19. The monoisotopic (exact) mass is 314 g/mol. The number of carboxylic acids is 2. The van der Waals surface area contributed by atoms with E-state index in [1.54, 1.807) is 0 Å². The summed E-state index contributed by atoms with van der Waals surface area (Å²) in [5.74, 6) is -2.51. The van der Waals surface area contributed by atoms with E-state index in [1.165, 1.54) is 17.0 Å². The molecule has 3 rings (SSSR count). The van der Waals surface area contributed by atoms with Crippen molar-refractivity contribution in [3.8, 4) is 11.3 Å². The van der Waals surface area contributed by atoms with Gasteiger partial charge in [-0.3, -0.25) is 0 Å². The van der Waals surface area contributed by atoms with Gasteiger partial charge in [0.25, 0.3) is 0 Å². The average molecular weight is 314 g/mol. The molecule has 23 heavy (non-hydrogen) atoms. The highest BCUT2D eigenvalue weighted by Gasteiger charge is 2.12. The number of hydrogen-bond acceptors (Lipinski definition) is 3. The molecule has 0 saturated carbocycles. The minimum atomic E-state index is -1.26. The molecule has 0 aliphatic carbocycles. The Labute approximate surface area is 133 Å². The Kier molecular flexibility index (Phi) is 5.71. The molecule has 0 amide bonds. The predicted octanol–water partition coefficient (Wildman–Crippen LogP) is 1.97. The normalized spacial score (nSPS) is 13.0. The van der Waals surface area contributed by atoms with E-state index in [0.29, 0.717) is 12.2 Å². The lowest BCUT2D eigenvalue weighted by atomic mass is 10.1. The zero-order chi connectivity index (χ0) is 16.7. The molecule has 0 fully saturated rings. The zero-order valence-corrected chi connectivity index (χ0v) is 12.5. The van der Waals surface area contributed by atoms with Gasteiger partial charge in [0.05, 0.1) is 0 Å². The summed E-state index contributed by atoms with van der Waals surface area (Å²) in [6, 6.07) is 15.0. The summed E-state index contributed by atoms with van der Waals surface area (Å²) < 4.78 is 2.41. The first kappa shape index (κ1) is 16.5. The Hall–Kier alpha value is -2.86. The van der Waals surface area contributed by atoms with Gasteiger partial charge < -0.3 is 20.1 Å². The molecule has 6 nitrogen and oxygen atoms in total. The van der Waals surface area contributed by atoms with Crippen molar-refractivity contribution in [1.29, 1.82) is 0 Å². The van der Waals surface area contributed by atoms with Crippen LogP contribution in [0.25, 0.3) is 11.3 Å². The molecule has 1 aromatic carbocycles. The van der Waals surface area contributed by atoms with E-state index in [0.717, 1.165) is 19.6 Å². The molecule has 0 spiro atoms. The van der Waals surface area contributed by atoms with Gasteiger partial charge in [-0.25, -0.2) is 9.59 Å². The van der Waals surface area contributed by atoms with Crippen molar-refractivity contribution in [3.05, 3.63) is 60.3 Å². The van der Waals surface area contributed by atoms with Crippen molar-refractivity contribution >= 4 is 11.9 Å². The third-order valence-corrected chi connectivity index (χ3v) is 3.33. The summed E-state index contributed by atoms with van der Waals surface area (Å²) in [5.41, 5.74) is 4.04. The van der Waals surface area contributed by atoms with Gasteiger partial charge >= 0.3 is 11.9 Å². The molecule has 2 heterocycles. The van der Waals surface area contributed by atoms with Crippen molar-refractivity contribution in [2.45, 2.75) is 13.1 Å². The zero-order valence-electron chi connectivity index (χ0n) is 12.5. The lowest BCUT2D eigenvalue weighted by Crippen LogP contribution is -2.27. The van der Waals surface area contributed by atoms with Crippen molar-refractivity contribution in [2.75, 3.05) is 6.54 Å². The van der Waals surface area contributed by atoms with Crippen LogP contribution in [0.1, 0.15) is 5.69 Å². The third kappa shape index (κ3) is 4.82. The number of benzene rings is 1. The van der Waals surface area contributed by atoms with Crippen LogP contribution in [0.5, 0.6) is 0 Å². The van der Waals surface area contributed by atoms with Crippen LogP contribution in [0.15, 0.2) is 54.6 Å². The molecule has 2 aromatic rings. The first-order chi connectivity index (χ1) is 11.1. The number of rotatable bonds is 3. The third-order valence-electron chi connectivity index (χ3n) is 3.33. The van der Waals surface area contributed by atoms with Crippen LogP contribution in [-0.2, 0) is 22.7 Å². The fourth-order valence-corrected chi connectivity index (χ4v) is 2.34. The van der Waals surface area contributed by atoms with Crippen LogP contribution >= 0.6 is 0 Å². The van der Waals surface area contributed by atoms with E-state index in [-0.39, 0.29) is 0 Å². The number of nitrogens with zero attached hydrogens (tertiary/aromatic N) is 1. The van der Waals surface area contributed by atoms with Gasteiger partial charge in [-0.1, -0.05) is 30.3 Å². The predicted molar refractivity (Wildman–Crippen MR) is 86.0 cm³/mol. The Morgan fingerprint density at radius 1 is 1.00 bits per heavy atom. The number of nitrogens with one attached hydrogen (secondary N) is 1. The fourth-order valence-electron chi connectivity index (χ4n) is 2.34. The number of aromatic nitrogens is 1. The van der Waals surface area contributed by atoms with Gasteiger partial charge in [0, 0.05) is 43.2 Å². The van der Waals surface area contributed by atoms with Gasteiger partial charge in [-0.2, -0.15) is 0 Å². The molecular formula is C17H18N2O4. The maximum atomic E-state index is 9.55. The molecule has 1 aliphatic rings. The second kappa shape index (κ2) is 7.95. The second-order valence-corrected chi connectivity index (χ2v) is 4.91. The Morgan fingerprint density at radius 3 is 2.26 bits per heavy atom. The number of hydrogen-bond donors (Lipinski definition) is 3. The summed E-state index contributed by atoms with van der Waals surface area (Å²) in [6.07, 6.45) is 1.12. The highest BCUT2D eigenvalue weighted by molar-refractivity contribution is 5.89. The van der Waals surface area contributed by atoms with Crippen LogP contribution in [-0.4, -0.2) is 33.3 Å². The second-order valence-electron chi connectivity index (χ2n) is 4.91. The molecule has 120 valence electrons. The highest BCUT2D eigenvalue weighted by Crippen LogP contribution is 2.23. The first-order valence-electron chi connectivity index (χ1n) is 7.16. The maximum absolute atomic E-state index is 9.55. The van der Waals surface area contributed by atoms with Crippen molar-refractivity contribution in [1.82, 2.24) is 9.88 Å². The lowest BCUT2D eigenvalue weighted by molar-refractivity contribution is -0.134. The summed E-state index contributed by atoms with van der Waals surface area (Å²) in [4.78, 5) is 19.1. The van der Waals surface area contributed by atoms with Crippen LogP contribution < -0.4 is 5.32 Å². The van der Waals surface area contributed by atoms with Crippen LogP contribution in [0.4, 0.5) is 0 Å². The molecule has 0 atom stereocenters. The smallest absolute Gasteiger partial charge is 0.328 e. The van der Waals surface area contributed by atoms with E-state index < -0.39 is 11.9 Å². The van der Waals surface area contributed by atoms with E-state index in [9.17, 15) is 9.59 Å². The van der Waals surface area contributed by atoms with Gasteiger partial charge in [0.1, 0.15) is 0 Å². The summed E-state index contributed by atoms with van der Waals surface area (Å²) in [7, 11) is 0. The van der Waals surface area contributed by atoms with E-state index in [1.807, 2.05) is 0 Å². The molecule has 0 bridgehead atoms. The maximum Gasteiger partial charge on any atom is 0.328 e. The van der Waals surface area contributed by atoms with Gasteiger partial charge in [-0.05, 0) is 17.7 Å². The topological polar surface area (TPSA) is 91.6 Å². The van der Waals surface area contributed by atoms with Crippen molar-refractivity contribution in [2.24, 2.45) is 0 Å². The average Bonchev–Trinajstić information content (AvgIpc) is 2.98. The SMILES string of the molecule is O=C(O)C=CC(=O)O.c1ccc(-c2ccc3n2CCNC3)cc1. The minimum Gasteiger partial charge on any atom is -0.478 e. The molecule has 0 unspecified atom stereocenters. The fraction of sp³-hybridized carbons (Fsp3) is 0.176. The first-order valence-corrected chi connectivity index (χ1v) is 7.16. The molecule has 0 saturated heterocycles. The van der Waals surface area contributed by atoms with E-state index in [2.05, 4.69) is 52.3 Å². The Morgan fingerprint density at radius 2 is 1.65 bits per heavy atom. The molecule has 6 heteroatoms. The summed E-state index contributed by atoms with van der Waals surface area (Å²) in [6.45, 7) is 3.14. The van der Waals surface area contributed by atoms with Gasteiger partial charge in [-0.15, -0.1) is 0 Å². The molecule has 3 N–H and O–H groups in total. The number of carbonyl (C=O) groups is 2. The van der Waals surface area contributed by atoms with Crippen LogP contribution in [0.3, 0.4) is 0 Å². The van der Waals surface area contributed by atoms with Crippen molar-refractivity contribution in [3.63, 3.8) is 0 Å². The Balaban J connectivity index is 0.000000207. The standard InChI is InChI=1S/C13H14N2.C4H4O4/c1-2-4-11(5-3-1)13-7-6-12-10-14-8-9-15(12)13;5-3(6)1-2-4(7)8/h1-7,14H,8-10H2;1-2H,(H,5,6)(H,7,8). The summed E-state index contributed by atoms with van der Waals surface area (Å²) >= 11 is 0. The summed E-state index contributed by atoms with van der Waals surface area (Å²) in [5, 5.41) is 19.0. The molecular weight excluding hydrogens is 296 g/mol. The number of aliphatic carboxylic acids is 2. The van der Waals surface area contributed by atoms with Crippen LogP contribution in [0.2, 0.25) is 0 Å². The minimum absolute atomic E-state index is 0.558. The molecule has 1 aromatic heterocycles. The van der Waals surface area contributed by atoms with Gasteiger partial charge in [0.15, 0.2) is 0 Å². The van der Waals surface area contributed by atoms with Crippen molar-refractivity contribution < 1.29 is 19.8 Å². The Bertz CT molecular complexity index is 689. The number of fused-ring (bicyclic) bond motifs is 1. The van der Waals surface area contributed by atoms with Crippen LogP contribution in [0, 0.1) is 0 Å². The molecule has 0 radical (unpaired) electrons. The number of carboxylic acid groups (broad SMARTS) is 2. The van der Waals surface area contributed by atoms with E-state index in [4.69, 9.17) is 10.2 Å². The van der Waals surface area contributed by atoms with Gasteiger partial charge in [0.2, 0.25) is 0 Å².